The molecule has 1 aliphatic carbocycles. The van der Waals surface area contributed by atoms with Gasteiger partial charge in [-0.2, -0.15) is 0 Å². The van der Waals surface area contributed by atoms with Crippen molar-refractivity contribution in [1.29, 1.82) is 0 Å². The molecule has 4 nitrogen and oxygen atoms in total. The van der Waals surface area contributed by atoms with Gasteiger partial charge in [-0.3, -0.25) is 4.79 Å². The smallest absolute Gasteiger partial charge is 0.242 e. The zero-order valence-electron chi connectivity index (χ0n) is 9.41. The first-order valence-electron chi connectivity index (χ1n) is 5.90. The Kier molecular flexibility index (Phi) is 2.73. The first kappa shape index (κ1) is 10.9. The molecule has 1 amide bonds. The molecule has 0 aromatic carbocycles. The molecule has 0 aromatic rings. The number of carbonyl (C=O) groups excluding carboxylic acids is 1. The van der Waals surface area contributed by atoms with Gasteiger partial charge in [0.1, 0.15) is 0 Å². The van der Waals surface area contributed by atoms with Gasteiger partial charge < -0.3 is 16.4 Å². The molecule has 2 rings (SSSR count). The Hall–Kier alpha value is -0.610. The molecule has 1 aliphatic heterocycles. The molecule has 0 radical (unpaired) electrons. The Morgan fingerprint density at radius 2 is 2.00 bits per heavy atom. The van der Waals surface area contributed by atoms with E-state index in [1.54, 1.807) is 0 Å². The highest BCUT2D eigenvalue weighted by molar-refractivity contribution is 5.87. The Bertz CT molecular complexity index is 261. The van der Waals surface area contributed by atoms with E-state index in [-0.39, 0.29) is 18.0 Å². The molecule has 0 spiro atoms. The Balaban J connectivity index is 2.08. The first-order chi connectivity index (χ1) is 7.04. The molecule has 2 atom stereocenters. The van der Waals surface area contributed by atoms with E-state index in [0.717, 1.165) is 38.6 Å². The molecule has 2 aliphatic rings. The average molecular weight is 211 g/mol. The van der Waals surface area contributed by atoms with Gasteiger partial charge in [0.05, 0.1) is 5.54 Å². The van der Waals surface area contributed by atoms with Crippen molar-refractivity contribution in [2.24, 2.45) is 11.5 Å². The van der Waals surface area contributed by atoms with Crippen LogP contribution in [0, 0.1) is 0 Å². The zero-order chi connectivity index (χ0) is 11.1. The summed E-state index contributed by atoms with van der Waals surface area (Å²) in [5.41, 5.74) is 11.5. The Morgan fingerprint density at radius 3 is 2.47 bits per heavy atom. The topological polar surface area (TPSA) is 72.3 Å². The number of nitrogens with zero attached hydrogens (tertiary/aromatic N) is 1. The van der Waals surface area contributed by atoms with Gasteiger partial charge >= 0.3 is 0 Å². The summed E-state index contributed by atoms with van der Waals surface area (Å²) in [6, 6.07) is 0.275. The second-order valence-corrected chi connectivity index (χ2v) is 5.05. The van der Waals surface area contributed by atoms with Crippen molar-refractivity contribution < 1.29 is 4.79 Å². The monoisotopic (exact) mass is 211 g/mol. The molecule has 4 N–H and O–H groups in total. The van der Waals surface area contributed by atoms with Crippen LogP contribution in [0.3, 0.4) is 0 Å². The number of carbonyl (C=O) groups is 1. The van der Waals surface area contributed by atoms with E-state index in [1.165, 1.54) is 0 Å². The summed E-state index contributed by atoms with van der Waals surface area (Å²) in [4.78, 5) is 14.2. The molecule has 2 unspecified atom stereocenters. The fraction of sp³-hybridized carbons (Fsp3) is 0.909. The third-order valence-electron chi connectivity index (χ3n) is 4.00. The standard InChI is InChI=1S/C11H21N3O/c1-8-9(12)4-7-14(8)10(15)11(13)5-2-3-6-11/h8-9H,2-7,12-13H2,1H3. The lowest BCUT2D eigenvalue weighted by Gasteiger charge is -2.32. The van der Waals surface area contributed by atoms with Gasteiger partial charge in [-0.15, -0.1) is 0 Å². The lowest BCUT2D eigenvalue weighted by Crippen LogP contribution is -2.55. The van der Waals surface area contributed by atoms with Crippen LogP contribution in [-0.4, -0.2) is 35.0 Å². The van der Waals surface area contributed by atoms with E-state index < -0.39 is 5.54 Å². The van der Waals surface area contributed by atoms with Gasteiger partial charge in [0.25, 0.3) is 0 Å². The predicted octanol–water partition coefficient (Wildman–Crippen LogP) is 0.206. The maximum absolute atomic E-state index is 12.3. The largest absolute Gasteiger partial charge is 0.337 e. The lowest BCUT2D eigenvalue weighted by molar-refractivity contribution is -0.137. The van der Waals surface area contributed by atoms with Crippen LogP contribution in [0.25, 0.3) is 0 Å². The van der Waals surface area contributed by atoms with Gasteiger partial charge in [-0.1, -0.05) is 12.8 Å². The fourth-order valence-electron chi connectivity index (χ4n) is 2.76. The van der Waals surface area contributed by atoms with E-state index in [1.807, 2.05) is 11.8 Å². The van der Waals surface area contributed by atoms with E-state index in [2.05, 4.69) is 0 Å². The summed E-state index contributed by atoms with van der Waals surface area (Å²) in [6.45, 7) is 2.80. The molecule has 1 saturated heterocycles. The van der Waals surface area contributed by atoms with Gasteiger partial charge in [0, 0.05) is 18.6 Å². The minimum atomic E-state index is -0.585. The Labute approximate surface area is 91.0 Å². The highest BCUT2D eigenvalue weighted by Gasteiger charge is 2.43. The fourth-order valence-corrected chi connectivity index (χ4v) is 2.76. The third-order valence-corrected chi connectivity index (χ3v) is 4.00. The minimum Gasteiger partial charge on any atom is -0.337 e. The third kappa shape index (κ3) is 1.76. The van der Waals surface area contributed by atoms with E-state index in [0.29, 0.717) is 0 Å². The van der Waals surface area contributed by atoms with E-state index >= 15 is 0 Å². The highest BCUT2D eigenvalue weighted by atomic mass is 16.2. The summed E-state index contributed by atoms with van der Waals surface area (Å²) in [5.74, 6) is 0.125. The Morgan fingerprint density at radius 1 is 1.40 bits per heavy atom. The molecule has 0 aromatic heterocycles. The summed E-state index contributed by atoms with van der Waals surface area (Å²) < 4.78 is 0. The minimum absolute atomic E-state index is 0.124. The molecule has 4 heteroatoms. The number of amides is 1. The van der Waals surface area contributed by atoms with Crippen molar-refractivity contribution in [3.05, 3.63) is 0 Å². The van der Waals surface area contributed by atoms with Gasteiger partial charge in [0.15, 0.2) is 0 Å². The number of hydrogen-bond acceptors (Lipinski definition) is 3. The summed E-state index contributed by atoms with van der Waals surface area (Å²) in [7, 11) is 0. The maximum atomic E-state index is 12.3. The van der Waals surface area contributed by atoms with Crippen molar-refractivity contribution in [3.8, 4) is 0 Å². The normalized spacial score (nSPS) is 34.7. The predicted molar refractivity (Wildman–Crippen MR) is 59.2 cm³/mol. The van der Waals surface area contributed by atoms with Crippen molar-refractivity contribution in [3.63, 3.8) is 0 Å². The zero-order valence-corrected chi connectivity index (χ0v) is 9.41. The molecular formula is C11H21N3O. The number of nitrogens with two attached hydrogens (primary N) is 2. The van der Waals surface area contributed by atoms with Crippen LogP contribution in [0.4, 0.5) is 0 Å². The SMILES string of the molecule is CC1C(N)CCN1C(=O)C1(N)CCCC1. The lowest BCUT2D eigenvalue weighted by atomic mass is 9.97. The highest BCUT2D eigenvalue weighted by Crippen LogP contribution is 2.31. The average Bonchev–Trinajstić information content (AvgIpc) is 2.77. The molecule has 1 saturated carbocycles. The van der Waals surface area contributed by atoms with Crippen molar-refractivity contribution in [1.82, 2.24) is 4.90 Å². The number of rotatable bonds is 1. The van der Waals surface area contributed by atoms with Crippen LogP contribution in [0.15, 0.2) is 0 Å². The number of hydrogen-bond donors (Lipinski definition) is 2. The van der Waals surface area contributed by atoms with E-state index in [9.17, 15) is 4.79 Å². The molecule has 15 heavy (non-hydrogen) atoms. The van der Waals surface area contributed by atoms with Crippen LogP contribution in [0.1, 0.15) is 39.0 Å². The molecule has 86 valence electrons. The summed E-state index contributed by atoms with van der Waals surface area (Å²) in [5, 5.41) is 0. The second-order valence-electron chi connectivity index (χ2n) is 5.05. The number of likely N-dealkylation sites (tertiary alicyclic amines) is 1. The first-order valence-corrected chi connectivity index (χ1v) is 5.90. The van der Waals surface area contributed by atoms with E-state index in [4.69, 9.17) is 11.5 Å². The quantitative estimate of drug-likeness (QED) is 0.651. The second kappa shape index (κ2) is 3.76. The molecule has 1 heterocycles. The van der Waals surface area contributed by atoms with Gasteiger partial charge in [0.2, 0.25) is 5.91 Å². The van der Waals surface area contributed by atoms with Crippen LogP contribution < -0.4 is 11.5 Å². The molecule has 0 bridgehead atoms. The van der Waals surface area contributed by atoms with Crippen molar-refractivity contribution in [2.45, 2.75) is 56.7 Å². The van der Waals surface area contributed by atoms with Gasteiger partial charge in [-0.05, 0) is 26.2 Å². The van der Waals surface area contributed by atoms with Gasteiger partial charge in [-0.25, -0.2) is 0 Å². The van der Waals surface area contributed by atoms with Crippen LogP contribution in [0.5, 0.6) is 0 Å². The maximum Gasteiger partial charge on any atom is 0.242 e. The van der Waals surface area contributed by atoms with Crippen LogP contribution in [0.2, 0.25) is 0 Å². The van der Waals surface area contributed by atoms with Crippen LogP contribution >= 0.6 is 0 Å². The summed E-state index contributed by atoms with van der Waals surface area (Å²) in [6.07, 6.45) is 4.74. The van der Waals surface area contributed by atoms with Crippen molar-refractivity contribution in [2.75, 3.05) is 6.54 Å². The summed E-state index contributed by atoms with van der Waals surface area (Å²) >= 11 is 0. The molecular weight excluding hydrogens is 190 g/mol. The van der Waals surface area contributed by atoms with Crippen molar-refractivity contribution >= 4 is 5.91 Å². The van der Waals surface area contributed by atoms with Crippen LogP contribution in [-0.2, 0) is 4.79 Å². The molecule has 2 fully saturated rings.